The van der Waals surface area contributed by atoms with Crippen molar-refractivity contribution in [3.8, 4) is 11.4 Å². The lowest BCUT2D eigenvalue weighted by Gasteiger charge is -2.11. The first kappa shape index (κ1) is 25.9. The topological polar surface area (TPSA) is 36.1 Å². The number of aryl methyl sites for hydroxylation is 2. The molecule has 0 amide bonds. The van der Waals surface area contributed by atoms with Crippen LogP contribution in [0.25, 0.3) is 98.9 Å². The highest BCUT2D eigenvalue weighted by Crippen LogP contribution is 2.43. The highest BCUT2D eigenvalue weighted by Gasteiger charge is 2.21. The van der Waals surface area contributed by atoms with Crippen molar-refractivity contribution >= 4 is 87.5 Å². The van der Waals surface area contributed by atoms with Gasteiger partial charge in [-0.15, -0.1) is 0 Å². The van der Waals surface area contributed by atoms with E-state index in [1.165, 1.54) is 43.6 Å². The molecule has 11 rings (SSSR count). The molecule has 0 fully saturated rings. The molecule has 7 aromatic carbocycles. The van der Waals surface area contributed by atoms with Crippen LogP contribution in [0.15, 0.2) is 142 Å². The van der Waals surface area contributed by atoms with Gasteiger partial charge in [0.25, 0.3) is 0 Å². The summed E-state index contributed by atoms with van der Waals surface area (Å²) in [6.45, 7) is 4.34. The van der Waals surface area contributed by atoms with E-state index in [2.05, 4.69) is 156 Å². The van der Waals surface area contributed by atoms with Crippen LogP contribution in [0.4, 0.5) is 0 Å². The van der Waals surface area contributed by atoms with Gasteiger partial charge < -0.3 is 18.0 Å². The van der Waals surface area contributed by atoms with Crippen molar-refractivity contribution in [2.24, 2.45) is 0 Å². The first-order valence-corrected chi connectivity index (χ1v) is 16.4. The van der Waals surface area contributed by atoms with Crippen LogP contribution in [-0.2, 0) is 0 Å². The molecule has 0 radical (unpaired) electrons. The van der Waals surface area contributed by atoms with Gasteiger partial charge in [-0.25, -0.2) is 0 Å². The molecule has 4 nitrogen and oxygen atoms in total. The number of furan rings is 2. The molecule has 0 aliphatic heterocycles. The van der Waals surface area contributed by atoms with E-state index in [-0.39, 0.29) is 0 Å². The Morgan fingerprint density at radius 3 is 1.04 bits per heavy atom. The first-order valence-electron chi connectivity index (χ1n) is 16.4. The molecule has 0 aliphatic carbocycles. The molecule has 4 heteroatoms. The van der Waals surface area contributed by atoms with Crippen LogP contribution in [0.1, 0.15) is 11.1 Å². The zero-order chi connectivity index (χ0) is 31.7. The number of rotatable bonds is 2. The number of para-hydroxylation sites is 4. The Balaban J connectivity index is 1.16. The number of benzene rings is 7. The van der Waals surface area contributed by atoms with Gasteiger partial charge in [-0.1, -0.05) is 72.8 Å². The van der Waals surface area contributed by atoms with E-state index in [0.717, 1.165) is 66.4 Å². The van der Waals surface area contributed by atoms with Gasteiger partial charge in [0.2, 0.25) is 0 Å². The van der Waals surface area contributed by atoms with Gasteiger partial charge in [-0.3, -0.25) is 0 Å². The second kappa shape index (κ2) is 9.18. The lowest BCUT2D eigenvalue weighted by molar-refractivity contribution is 0.633. The average Bonchev–Trinajstić information content (AvgIpc) is 3.85. The largest absolute Gasteiger partial charge is 0.452 e. The molecule has 0 saturated heterocycles. The summed E-state index contributed by atoms with van der Waals surface area (Å²) in [5.41, 5.74) is 12.7. The number of nitrogens with zero attached hydrogens (tertiary/aromatic N) is 2. The molecule has 0 N–H and O–H groups in total. The summed E-state index contributed by atoms with van der Waals surface area (Å²) >= 11 is 0. The fourth-order valence-corrected chi connectivity index (χ4v) is 8.19. The molecule has 11 aromatic rings. The fourth-order valence-electron chi connectivity index (χ4n) is 8.19. The molecule has 0 saturated carbocycles. The minimum atomic E-state index is 0.786. The quantitative estimate of drug-likeness (QED) is 0.194. The summed E-state index contributed by atoms with van der Waals surface area (Å²) in [6.07, 6.45) is 0. The summed E-state index contributed by atoms with van der Waals surface area (Å²) in [5.74, 6) is 0. The molecule has 0 atom stereocenters. The Bertz CT molecular complexity index is 2830. The Labute approximate surface area is 274 Å². The minimum Gasteiger partial charge on any atom is -0.452 e. The summed E-state index contributed by atoms with van der Waals surface area (Å²) in [6, 6.07) is 47.9. The molecule has 4 heterocycles. The normalized spacial score (nSPS) is 12.4. The van der Waals surface area contributed by atoms with Gasteiger partial charge >= 0.3 is 0 Å². The third kappa shape index (κ3) is 3.29. The fraction of sp³-hybridized carbons (Fsp3) is 0.0455. The SMILES string of the molecule is Cc1cc2oc3c(ccc4c5cc(-n6c7ccccc7c7ccccc76)c(C)cc5oc43)c2cc1-n1c2ccccc2c2ccccc21. The Kier molecular flexibility index (Phi) is 4.95. The predicted octanol–water partition coefficient (Wildman–Crippen LogP) is 12.3. The van der Waals surface area contributed by atoms with Gasteiger partial charge in [0.05, 0.1) is 22.1 Å². The molecule has 4 aromatic heterocycles. The van der Waals surface area contributed by atoms with Crippen molar-refractivity contribution in [1.82, 2.24) is 9.13 Å². The van der Waals surface area contributed by atoms with Crippen LogP contribution < -0.4 is 0 Å². The Morgan fingerprint density at radius 1 is 0.354 bits per heavy atom. The van der Waals surface area contributed by atoms with Crippen molar-refractivity contribution in [2.45, 2.75) is 13.8 Å². The van der Waals surface area contributed by atoms with Crippen molar-refractivity contribution in [3.05, 3.63) is 145 Å². The number of aromatic nitrogens is 2. The zero-order valence-corrected chi connectivity index (χ0v) is 26.4. The molecule has 0 aliphatic rings. The minimum absolute atomic E-state index is 0.786. The van der Waals surface area contributed by atoms with Gasteiger partial charge in [-0.2, -0.15) is 0 Å². The first-order chi connectivity index (χ1) is 23.6. The second-order valence-electron chi connectivity index (χ2n) is 13.0. The standard InChI is InChI=1S/C44H28N2O2/c1-25-21-41-33(23-39(25)45-35-15-7-3-11-27(35)28-12-4-8-16-36(28)45)31-19-20-32-34-24-40(26(2)22-42(34)48-44(32)43(31)47-41)46-37-17-9-5-13-29(37)30-14-6-10-18-38(30)46/h3-24H,1-2H3. The van der Waals surface area contributed by atoms with E-state index < -0.39 is 0 Å². The van der Waals surface area contributed by atoms with Gasteiger partial charge in [0, 0.05) is 54.5 Å². The summed E-state index contributed by atoms with van der Waals surface area (Å²) < 4.78 is 18.1. The lowest BCUT2D eigenvalue weighted by Crippen LogP contribution is -1.96. The third-order valence-electron chi connectivity index (χ3n) is 10.4. The highest BCUT2D eigenvalue weighted by atomic mass is 16.4. The van der Waals surface area contributed by atoms with E-state index in [1.54, 1.807) is 0 Å². The number of hydrogen-bond acceptors (Lipinski definition) is 2. The summed E-state index contributed by atoms with van der Waals surface area (Å²) in [5, 5.41) is 9.28. The molecule has 0 spiro atoms. The molecule has 226 valence electrons. The van der Waals surface area contributed by atoms with Gasteiger partial charge in [0.1, 0.15) is 11.2 Å². The van der Waals surface area contributed by atoms with E-state index in [0.29, 0.717) is 0 Å². The molecule has 48 heavy (non-hydrogen) atoms. The number of fused-ring (bicyclic) bond motifs is 13. The molecular weight excluding hydrogens is 588 g/mol. The molecule has 0 bridgehead atoms. The lowest BCUT2D eigenvalue weighted by atomic mass is 10.0. The van der Waals surface area contributed by atoms with E-state index in [1.807, 2.05) is 0 Å². The molecule has 0 unspecified atom stereocenters. The van der Waals surface area contributed by atoms with E-state index in [4.69, 9.17) is 8.83 Å². The average molecular weight is 617 g/mol. The Hall–Kier alpha value is -6.26. The summed E-state index contributed by atoms with van der Waals surface area (Å²) in [4.78, 5) is 0. The van der Waals surface area contributed by atoms with E-state index in [9.17, 15) is 0 Å². The van der Waals surface area contributed by atoms with Gasteiger partial charge in [0.15, 0.2) is 11.2 Å². The molecular formula is C44H28N2O2. The highest BCUT2D eigenvalue weighted by molar-refractivity contribution is 6.20. The monoisotopic (exact) mass is 616 g/mol. The summed E-state index contributed by atoms with van der Waals surface area (Å²) in [7, 11) is 0. The zero-order valence-electron chi connectivity index (χ0n) is 26.4. The van der Waals surface area contributed by atoms with Gasteiger partial charge in [-0.05, 0) is 85.6 Å². The van der Waals surface area contributed by atoms with Crippen LogP contribution >= 0.6 is 0 Å². The maximum absolute atomic E-state index is 6.66. The van der Waals surface area contributed by atoms with Crippen LogP contribution in [-0.4, -0.2) is 9.13 Å². The van der Waals surface area contributed by atoms with Crippen molar-refractivity contribution in [1.29, 1.82) is 0 Å². The van der Waals surface area contributed by atoms with Crippen molar-refractivity contribution in [3.63, 3.8) is 0 Å². The number of hydrogen-bond donors (Lipinski definition) is 0. The van der Waals surface area contributed by atoms with Crippen LogP contribution in [0, 0.1) is 13.8 Å². The van der Waals surface area contributed by atoms with Crippen LogP contribution in [0.5, 0.6) is 0 Å². The van der Waals surface area contributed by atoms with Crippen LogP contribution in [0.3, 0.4) is 0 Å². The third-order valence-corrected chi connectivity index (χ3v) is 10.4. The second-order valence-corrected chi connectivity index (χ2v) is 13.0. The predicted molar refractivity (Wildman–Crippen MR) is 199 cm³/mol. The Morgan fingerprint density at radius 2 is 0.688 bits per heavy atom. The van der Waals surface area contributed by atoms with Crippen molar-refractivity contribution < 1.29 is 8.83 Å². The van der Waals surface area contributed by atoms with E-state index >= 15 is 0 Å². The maximum Gasteiger partial charge on any atom is 0.178 e. The van der Waals surface area contributed by atoms with Crippen LogP contribution in [0.2, 0.25) is 0 Å². The van der Waals surface area contributed by atoms with Crippen molar-refractivity contribution in [2.75, 3.05) is 0 Å². The maximum atomic E-state index is 6.66. The smallest absolute Gasteiger partial charge is 0.178 e.